The van der Waals surface area contributed by atoms with E-state index in [1.54, 1.807) is 0 Å². The quantitative estimate of drug-likeness (QED) is 0.734. The van der Waals surface area contributed by atoms with Gasteiger partial charge in [-0.15, -0.1) is 0 Å². The molecule has 1 aliphatic heterocycles. The van der Waals surface area contributed by atoms with Gasteiger partial charge in [-0.05, 0) is 26.2 Å². The van der Waals surface area contributed by atoms with Crippen molar-refractivity contribution in [1.82, 2.24) is 10.6 Å². The highest BCUT2D eigenvalue weighted by Gasteiger charge is 2.33. The minimum Gasteiger partial charge on any atom is -0.355 e. The molecule has 1 saturated carbocycles. The first-order valence-electron chi connectivity index (χ1n) is 6.18. The number of hydrogen-bond donors (Lipinski definition) is 2. The molecule has 1 unspecified atom stereocenters. The molecule has 2 N–H and O–H groups in total. The smallest absolute Gasteiger partial charge is 0.225 e. The van der Waals surface area contributed by atoms with Gasteiger partial charge < -0.3 is 10.6 Å². The average Bonchev–Trinajstić information content (AvgIpc) is 2.65. The highest BCUT2D eigenvalue weighted by Crippen LogP contribution is 2.29. The zero-order valence-electron chi connectivity index (χ0n) is 9.84. The first kappa shape index (κ1) is 11.4. The van der Waals surface area contributed by atoms with E-state index < -0.39 is 0 Å². The van der Waals surface area contributed by atoms with Crippen molar-refractivity contribution < 1.29 is 9.59 Å². The number of piperidine rings is 1. The molecule has 16 heavy (non-hydrogen) atoms. The van der Waals surface area contributed by atoms with E-state index in [1.165, 1.54) is 12.8 Å². The Kier molecular flexibility index (Phi) is 3.17. The van der Waals surface area contributed by atoms with Crippen LogP contribution in [-0.2, 0) is 9.59 Å². The molecule has 90 valence electrons. The van der Waals surface area contributed by atoms with Crippen molar-refractivity contribution in [2.24, 2.45) is 5.92 Å². The fraction of sp³-hybridized carbons (Fsp3) is 0.833. The molecular weight excluding hydrogens is 204 g/mol. The predicted octanol–water partition coefficient (Wildman–Crippen LogP) is 0.961. The Morgan fingerprint density at radius 2 is 2.12 bits per heavy atom. The lowest BCUT2D eigenvalue weighted by Crippen LogP contribution is -2.50. The van der Waals surface area contributed by atoms with Gasteiger partial charge in [0.1, 0.15) is 0 Å². The Hall–Kier alpha value is -1.06. The lowest BCUT2D eigenvalue weighted by Gasteiger charge is -2.29. The Balaban J connectivity index is 1.85. The molecule has 1 atom stereocenters. The number of amides is 2. The van der Waals surface area contributed by atoms with Crippen molar-refractivity contribution in [2.75, 3.05) is 6.54 Å². The van der Waals surface area contributed by atoms with Gasteiger partial charge >= 0.3 is 0 Å². The van der Waals surface area contributed by atoms with Crippen LogP contribution in [0.4, 0.5) is 0 Å². The molecule has 1 aliphatic carbocycles. The zero-order valence-corrected chi connectivity index (χ0v) is 9.84. The van der Waals surface area contributed by atoms with Crippen molar-refractivity contribution >= 4 is 11.8 Å². The lowest BCUT2D eigenvalue weighted by molar-refractivity contribution is -0.130. The van der Waals surface area contributed by atoms with Crippen LogP contribution in [0, 0.1) is 5.92 Å². The summed E-state index contributed by atoms with van der Waals surface area (Å²) in [6, 6.07) is 0. The third-order valence-electron chi connectivity index (χ3n) is 3.77. The van der Waals surface area contributed by atoms with Crippen molar-refractivity contribution in [1.29, 1.82) is 0 Å². The Morgan fingerprint density at radius 1 is 1.44 bits per heavy atom. The maximum Gasteiger partial charge on any atom is 0.225 e. The first-order chi connectivity index (χ1) is 7.59. The van der Waals surface area contributed by atoms with Gasteiger partial charge in [0.15, 0.2) is 0 Å². The van der Waals surface area contributed by atoms with Crippen LogP contribution in [0.5, 0.6) is 0 Å². The molecular formula is C12H20N2O2. The summed E-state index contributed by atoms with van der Waals surface area (Å²) in [6.07, 6.45) is 5.74. The molecule has 4 nitrogen and oxygen atoms in total. The maximum absolute atomic E-state index is 12.0. The summed E-state index contributed by atoms with van der Waals surface area (Å²) >= 11 is 0. The number of hydrogen-bond acceptors (Lipinski definition) is 2. The van der Waals surface area contributed by atoms with Gasteiger partial charge in [-0.25, -0.2) is 0 Å². The monoisotopic (exact) mass is 224 g/mol. The van der Waals surface area contributed by atoms with Crippen LogP contribution in [0.3, 0.4) is 0 Å². The van der Waals surface area contributed by atoms with Crippen LogP contribution in [0.2, 0.25) is 0 Å². The number of nitrogens with one attached hydrogen (secondary N) is 2. The largest absolute Gasteiger partial charge is 0.355 e. The van der Waals surface area contributed by atoms with Crippen LogP contribution in [0.25, 0.3) is 0 Å². The molecule has 2 aliphatic rings. The normalized spacial score (nSPS) is 28.6. The van der Waals surface area contributed by atoms with Gasteiger partial charge in [-0.3, -0.25) is 9.59 Å². The van der Waals surface area contributed by atoms with Gasteiger partial charge in [0.2, 0.25) is 11.8 Å². The first-order valence-corrected chi connectivity index (χ1v) is 6.18. The van der Waals surface area contributed by atoms with Crippen LogP contribution < -0.4 is 10.6 Å². The van der Waals surface area contributed by atoms with Crippen molar-refractivity contribution in [3.05, 3.63) is 0 Å². The molecule has 4 heteroatoms. The summed E-state index contributed by atoms with van der Waals surface area (Å²) in [7, 11) is 0. The number of carbonyl (C=O) groups is 2. The molecule has 0 bridgehead atoms. The number of carbonyl (C=O) groups excluding carboxylic acids is 2. The molecule has 0 aromatic carbocycles. The maximum atomic E-state index is 12.0. The van der Waals surface area contributed by atoms with E-state index in [-0.39, 0.29) is 23.3 Å². The molecule has 1 heterocycles. The second-order valence-electron chi connectivity index (χ2n) is 5.30. The average molecular weight is 224 g/mol. The molecule has 0 aromatic rings. The summed E-state index contributed by atoms with van der Waals surface area (Å²) in [6.45, 7) is 2.63. The standard InChI is InChI=1S/C12H20N2O2/c1-12(6-2-3-7-12)14-11(16)9-4-5-10(15)13-8-9/h9H,2-8H2,1H3,(H,13,15)(H,14,16). The molecule has 0 spiro atoms. The topological polar surface area (TPSA) is 58.2 Å². The van der Waals surface area contributed by atoms with E-state index in [2.05, 4.69) is 17.6 Å². The third-order valence-corrected chi connectivity index (χ3v) is 3.77. The van der Waals surface area contributed by atoms with Crippen LogP contribution in [0.1, 0.15) is 45.4 Å². The van der Waals surface area contributed by atoms with Crippen molar-refractivity contribution in [3.8, 4) is 0 Å². The van der Waals surface area contributed by atoms with Gasteiger partial charge in [-0.1, -0.05) is 12.8 Å². The summed E-state index contributed by atoms with van der Waals surface area (Å²) in [5, 5.41) is 5.90. The molecule has 1 saturated heterocycles. The summed E-state index contributed by atoms with van der Waals surface area (Å²) in [4.78, 5) is 23.0. The van der Waals surface area contributed by atoms with Gasteiger partial charge in [0.05, 0.1) is 5.92 Å². The van der Waals surface area contributed by atoms with E-state index in [0.717, 1.165) is 12.8 Å². The Morgan fingerprint density at radius 3 is 2.69 bits per heavy atom. The molecule has 2 rings (SSSR count). The van der Waals surface area contributed by atoms with E-state index in [4.69, 9.17) is 0 Å². The summed E-state index contributed by atoms with van der Waals surface area (Å²) < 4.78 is 0. The zero-order chi connectivity index (χ0) is 11.6. The van der Waals surface area contributed by atoms with Crippen LogP contribution in [-0.4, -0.2) is 23.9 Å². The van der Waals surface area contributed by atoms with Crippen LogP contribution in [0.15, 0.2) is 0 Å². The Labute approximate surface area is 96.2 Å². The van der Waals surface area contributed by atoms with Crippen LogP contribution >= 0.6 is 0 Å². The Bertz CT molecular complexity index is 285. The van der Waals surface area contributed by atoms with Crippen molar-refractivity contribution in [2.45, 2.75) is 51.0 Å². The van der Waals surface area contributed by atoms with E-state index in [0.29, 0.717) is 19.4 Å². The number of rotatable bonds is 2. The fourth-order valence-electron chi connectivity index (χ4n) is 2.64. The highest BCUT2D eigenvalue weighted by molar-refractivity contribution is 5.84. The molecule has 2 amide bonds. The second kappa shape index (κ2) is 4.44. The van der Waals surface area contributed by atoms with Crippen molar-refractivity contribution in [3.63, 3.8) is 0 Å². The third kappa shape index (κ3) is 2.54. The highest BCUT2D eigenvalue weighted by atomic mass is 16.2. The second-order valence-corrected chi connectivity index (χ2v) is 5.30. The fourth-order valence-corrected chi connectivity index (χ4v) is 2.64. The van der Waals surface area contributed by atoms with E-state index >= 15 is 0 Å². The van der Waals surface area contributed by atoms with Gasteiger partial charge in [0, 0.05) is 18.5 Å². The molecule has 0 radical (unpaired) electrons. The SMILES string of the molecule is CC1(NC(=O)C2CCC(=O)NC2)CCCC1. The van der Waals surface area contributed by atoms with E-state index in [1.807, 2.05) is 0 Å². The minimum atomic E-state index is -0.0323. The van der Waals surface area contributed by atoms with Gasteiger partial charge in [0.25, 0.3) is 0 Å². The van der Waals surface area contributed by atoms with Gasteiger partial charge in [-0.2, -0.15) is 0 Å². The minimum absolute atomic E-state index is 0.00145. The molecule has 2 fully saturated rings. The summed E-state index contributed by atoms with van der Waals surface area (Å²) in [5.74, 6) is 0.149. The summed E-state index contributed by atoms with van der Waals surface area (Å²) in [5.41, 5.74) is -0.00145. The van der Waals surface area contributed by atoms with E-state index in [9.17, 15) is 9.59 Å². The predicted molar refractivity (Wildman–Crippen MR) is 60.7 cm³/mol. The lowest BCUT2D eigenvalue weighted by atomic mass is 9.95. The molecule has 0 aromatic heterocycles.